The van der Waals surface area contributed by atoms with Gasteiger partial charge in [0.1, 0.15) is 0 Å². The van der Waals surface area contributed by atoms with Crippen LogP contribution in [0.2, 0.25) is 0 Å². The fourth-order valence-electron chi connectivity index (χ4n) is 1.32. The van der Waals surface area contributed by atoms with Gasteiger partial charge in [-0.3, -0.25) is 0 Å². The summed E-state index contributed by atoms with van der Waals surface area (Å²) in [6.45, 7) is 11.6. The molecular formula is C16H30O3S2. The van der Waals surface area contributed by atoms with Crippen molar-refractivity contribution < 1.29 is 14.2 Å². The van der Waals surface area contributed by atoms with Gasteiger partial charge in [0.05, 0.1) is 39.6 Å². The molecule has 0 unspecified atom stereocenters. The van der Waals surface area contributed by atoms with E-state index < -0.39 is 0 Å². The van der Waals surface area contributed by atoms with E-state index in [1.54, 1.807) is 0 Å². The van der Waals surface area contributed by atoms with Crippen LogP contribution in [0.1, 0.15) is 12.8 Å². The molecule has 0 aromatic carbocycles. The average Bonchev–Trinajstić information content (AvgIpc) is 2.50. The Bertz CT molecular complexity index is 204. The maximum Gasteiger partial charge on any atom is 0.0701 e. The quantitative estimate of drug-likeness (QED) is 0.282. The summed E-state index contributed by atoms with van der Waals surface area (Å²) < 4.78 is 16.4. The molecule has 0 saturated carbocycles. The molecule has 0 aliphatic heterocycles. The van der Waals surface area contributed by atoms with Gasteiger partial charge in [-0.25, -0.2) is 0 Å². The Morgan fingerprint density at radius 2 is 0.952 bits per heavy atom. The van der Waals surface area contributed by atoms with Crippen LogP contribution in [0.5, 0.6) is 0 Å². The highest BCUT2D eigenvalue weighted by Crippen LogP contribution is 2.02. The second-order valence-electron chi connectivity index (χ2n) is 4.22. The van der Waals surface area contributed by atoms with Crippen molar-refractivity contribution >= 4 is 23.5 Å². The maximum absolute atomic E-state index is 5.47. The van der Waals surface area contributed by atoms with Gasteiger partial charge in [0, 0.05) is 11.5 Å². The first-order valence-electron chi connectivity index (χ1n) is 7.52. The lowest BCUT2D eigenvalue weighted by atomic mass is 10.5. The lowest BCUT2D eigenvalue weighted by Crippen LogP contribution is -2.11. The molecule has 0 bridgehead atoms. The van der Waals surface area contributed by atoms with E-state index in [4.69, 9.17) is 14.2 Å². The normalized spacial score (nSPS) is 10.7. The zero-order chi connectivity index (χ0) is 15.4. The third-order valence-corrected chi connectivity index (χ3v) is 4.38. The van der Waals surface area contributed by atoms with Crippen molar-refractivity contribution in [3.8, 4) is 0 Å². The molecule has 0 spiro atoms. The van der Waals surface area contributed by atoms with Crippen molar-refractivity contribution in [1.82, 2.24) is 0 Å². The molecule has 0 heterocycles. The first-order chi connectivity index (χ1) is 10.4. The minimum absolute atomic E-state index is 0.648. The molecule has 0 fully saturated rings. The first kappa shape index (κ1) is 21.1. The van der Waals surface area contributed by atoms with Gasteiger partial charge >= 0.3 is 0 Å². The topological polar surface area (TPSA) is 27.7 Å². The van der Waals surface area contributed by atoms with Crippen LogP contribution in [0.25, 0.3) is 0 Å². The zero-order valence-corrected chi connectivity index (χ0v) is 14.7. The van der Waals surface area contributed by atoms with Gasteiger partial charge in [-0.1, -0.05) is 12.2 Å². The van der Waals surface area contributed by atoms with Crippen LogP contribution in [0.4, 0.5) is 0 Å². The number of hydrogen-bond donors (Lipinski definition) is 0. The third kappa shape index (κ3) is 20.1. The fourth-order valence-corrected chi connectivity index (χ4v) is 2.86. The van der Waals surface area contributed by atoms with Gasteiger partial charge in [-0.15, -0.1) is 13.2 Å². The molecule has 0 aromatic rings. The van der Waals surface area contributed by atoms with Gasteiger partial charge in [0.15, 0.2) is 0 Å². The van der Waals surface area contributed by atoms with Crippen molar-refractivity contribution in [3.63, 3.8) is 0 Å². The van der Waals surface area contributed by atoms with Crippen LogP contribution in [-0.4, -0.2) is 62.7 Å². The Hall–Kier alpha value is 0.0600. The monoisotopic (exact) mass is 334 g/mol. The van der Waals surface area contributed by atoms with Gasteiger partial charge in [0.2, 0.25) is 0 Å². The molecule has 5 heteroatoms. The summed E-state index contributed by atoms with van der Waals surface area (Å²) in [6.07, 6.45) is 6.04. The van der Waals surface area contributed by atoms with Crippen LogP contribution in [0.3, 0.4) is 0 Å². The van der Waals surface area contributed by atoms with Gasteiger partial charge < -0.3 is 14.2 Å². The summed E-state index contributed by atoms with van der Waals surface area (Å²) in [6, 6.07) is 0. The lowest BCUT2D eigenvalue weighted by Gasteiger charge is -2.06. The van der Waals surface area contributed by atoms with Crippen molar-refractivity contribution in [3.05, 3.63) is 25.3 Å². The van der Waals surface area contributed by atoms with E-state index in [2.05, 4.69) is 13.2 Å². The smallest absolute Gasteiger partial charge is 0.0701 e. The van der Waals surface area contributed by atoms with E-state index >= 15 is 0 Å². The number of allylic oxidation sites excluding steroid dienone is 2. The summed E-state index contributed by atoms with van der Waals surface area (Å²) in [5, 5.41) is 0. The van der Waals surface area contributed by atoms with Crippen LogP contribution < -0.4 is 0 Å². The Balaban J connectivity index is 2.93. The SMILES string of the molecule is C=CCCSCCOCCOCCOCCSCCC=C. The highest BCUT2D eigenvalue weighted by molar-refractivity contribution is 7.99. The molecule has 21 heavy (non-hydrogen) atoms. The van der Waals surface area contributed by atoms with Gasteiger partial charge in [-0.2, -0.15) is 23.5 Å². The molecule has 0 aliphatic rings. The maximum atomic E-state index is 5.47. The predicted molar refractivity (Wildman–Crippen MR) is 96.7 cm³/mol. The largest absolute Gasteiger partial charge is 0.378 e. The van der Waals surface area contributed by atoms with Crippen LogP contribution in [0.15, 0.2) is 25.3 Å². The molecule has 0 N–H and O–H groups in total. The van der Waals surface area contributed by atoms with Crippen molar-refractivity contribution in [2.45, 2.75) is 12.8 Å². The summed E-state index contributed by atoms with van der Waals surface area (Å²) in [4.78, 5) is 0. The second-order valence-corrected chi connectivity index (χ2v) is 6.67. The summed E-state index contributed by atoms with van der Waals surface area (Å²) >= 11 is 3.80. The zero-order valence-electron chi connectivity index (χ0n) is 13.1. The number of hydrogen-bond acceptors (Lipinski definition) is 5. The number of thioether (sulfide) groups is 2. The minimum atomic E-state index is 0.648. The van der Waals surface area contributed by atoms with Gasteiger partial charge in [0.25, 0.3) is 0 Å². The molecule has 3 nitrogen and oxygen atoms in total. The third-order valence-electron chi connectivity index (χ3n) is 2.42. The van der Waals surface area contributed by atoms with E-state index in [0.29, 0.717) is 26.4 Å². The Labute approximate surface area is 138 Å². The second kappa shape index (κ2) is 20.1. The van der Waals surface area contributed by atoms with Crippen molar-refractivity contribution in [2.75, 3.05) is 62.7 Å². The molecule has 0 aromatic heterocycles. The minimum Gasteiger partial charge on any atom is -0.378 e. The van der Waals surface area contributed by atoms with Crippen molar-refractivity contribution in [2.24, 2.45) is 0 Å². The van der Waals surface area contributed by atoms with E-state index in [-0.39, 0.29) is 0 Å². The molecule has 0 saturated heterocycles. The highest BCUT2D eigenvalue weighted by Gasteiger charge is 1.93. The molecule has 124 valence electrons. The molecule has 0 aliphatic carbocycles. The molecule has 0 atom stereocenters. The predicted octanol–water partition coefficient (Wildman–Crippen LogP) is 3.65. The molecular weight excluding hydrogens is 304 g/mol. The van der Waals surface area contributed by atoms with E-state index in [9.17, 15) is 0 Å². The number of rotatable bonds is 18. The Morgan fingerprint density at radius 3 is 1.33 bits per heavy atom. The molecule has 0 amide bonds. The highest BCUT2D eigenvalue weighted by atomic mass is 32.2. The summed E-state index contributed by atoms with van der Waals surface area (Å²) in [7, 11) is 0. The summed E-state index contributed by atoms with van der Waals surface area (Å²) in [5.41, 5.74) is 0. The van der Waals surface area contributed by atoms with E-state index in [1.165, 1.54) is 0 Å². The standard InChI is InChI=1S/C16H30O3S2/c1-3-5-13-20-15-11-18-9-7-17-8-10-19-12-16-21-14-6-4-2/h3-4H,1-2,5-16H2. The first-order valence-corrected chi connectivity index (χ1v) is 9.83. The molecule has 0 radical (unpaired) electrons. The fraction of sp³-hybridized carbons (Fsp3) is 0.750. The van der Waals surface area contributed by atoms with Crippen LogP contribution >= 0.6 is 23.5 Å². The van der Waals surface area contributed by atoms with Gasteiger partial charge in [-0.05, 0) is 24.3 Å². The van der Waals surface area contributed by atoms with Crippen LogP contribution in [0, 0.1) is 0 Å². The Kier molecular flexibility index (Phi) is 20.1. The summed E-state index contributed by atoms with van der Waals surface area (Å²) in [5.74, 6) is 4.35. The van der Waals surface area contributed by atoms with E-state index in [0.717, 1.165) is 49.1 Å². The molecule has 0 rings (SSSR count). The number of ether oxygens (including phenoxy) is 3. The van der Waals surface area contributed by atoms with Crippen LogP contribution in [-0.2, 0) is 14.2 Å². The van der Waals surface area contributed by atoms with Crippen molar-refractivity contribution in [1.29, 1.82) is 0 Å². The van der Waals surface area contributed by atoms with E-state index in [1.807, 2.05) is 35.7 Å². The average molecular weight is 335 g/mol. The Morgan fingerprint density at radius 1 is 0.571 bits per heavy atom. The lowest BCUT2D eigenvalue weighted by molar-refractivity contribution is 0.0205.